The van der Waals surface area contributed by atoms with Crippen molar-refractivity contribution in [3.05, 3.63) is 52.2 Å². The molecule has 2 heterocycles. The van der Waals surface area contributed by atoms with Gasteiger partial charge in [0.2, 0.25) is 0 Å². The van der Waals surface area contributed by atoms with Crippen molar-refractivity contribution in [2.45, 2.75) is 20.0 Å². The first-order valence-electron chi connectivity index (χ1n) is 9.01. The Labute approximate surface area is 170 Å². The molecule has 158 valence electrons. The highest BCUT2D eigenvalue weighted by molar-refractivity contribution is 6.08. The van der Waals surface area contributed by atoms with Crippen LogP contribution in [0.3, 0.4) is 0 Å². The number of pyridine rings is 1. The first-order chi connectivity index (χ1) is 14.0. The van der Waals surface area contributed by atoms with Gasteiger partial charge >= 0.3 is 6.18 Å². The highest BCUT2D eigenvalue weighted by Gasteiger charge is 2.41. The molecule has 0 atom stereocenters. The number of hydrogen-bond acceptors (Lipinski definition) is 5. The third-order valence-corrected chi connectivity index (χ3v) is 4.95. The molecule has 3 rings (SSSR count). The van der Waals surface area contributed by atoms with E-state index in [1.807, 2.05) is 20.9 Å². The van der Waals surface area contributed by atoms with Crippen molar-refractivity contribution in [3.8, 4) is 5.75 Å². The summed E-state index contributed by atoms with van der Waals surface area (Å²) in [5.41, 5.74) is 1.63. The van der Waals surface area contributed by atoms with Gasteiger partial charge in [-0.15, -0.1) is 0 Å². The number of nitrogens with zero attached hydrogens (tertiary/aromatic N) is 2. The number of aromatic nitrogens is 1. The Balaban J connectivity index is 1.96. The average Bonchev–Trinajstić information content (AvgIpc) is 2.70. The monoisotopic (exact) mass is 419 g/mol. The van der Waals surface area contributed by atoms with E-state index in [-0.39, 0.29) is 11.3 Å². The summed E-state index contributed by atoms with van der Waals surface area (Å²) in [6, 6.07) is 5.08. The van der Waals surface area contributed by atoms with Gasteiger partial charge < -0.3 is 15.0 Å². The number of methoxy groups -OCH3 is 1. The topological polar surface area (TPSA) is 71.5 Å². The van der Waals surface area contributed by atoms with Gasteiger partial charge in [0.15, 0.2) is 0 Å². The van der Waals surface area contributed by atoms with E-state index in [0.29, 0.717) is 5.69 Å². The third kappa shape index (κ3) is 4.00. The second kappa shape index (κ2) is 7.81. The summed E-state index contributed by atoms with van der Waals surface area (Å²) in [7, 11) is 3.10. The zero-order valence-corrected chi connectivity index (χ0v) is 16.8. The standard InChI is InChI=1S/C21H20F3N3O3/c1-11-10-27(3)12(2)15-8-14(9-25-18(11)15)26-20(29)13-5-6-17(30-4)16(7-13)19(28)21(22,23)24/h5-9H,10H2,1-4H3,(H,26,29). The molecule has 0 fully saturated rings. The van der Waals surface area contributed by atoms with E-state index < -0.39 is 23.4 Å². The average molecular weight is 419 g/mol. The van der Waals surface area contributed by atoms with Crippen LogP contribution in [0.4, 0.5) is 18.9 Å². The second-order valence-corrected chi connectivity index (χ2v) is 7.04. The number of Topliss-reactive ketones (excluding diaryl/α,β-unsaturated/α-hetero) is 1. The summed E-state index contributed by atoms with van der Waals surface area (Å²) in [6.07, 6.45) is -3.59. The number of benzene rings is 1. The molecule has 0 saturated carbocycles. The molecule has 0 spiro atoms. The van der Waals surface area contributed by atoms with Crippen LogP contribution < -0.4 is 20.6 Å². The van der Waals surface area contributed by atoms with Gasteiger partial charge in [-0.25, -0.2) is 0 Å². The Morgan fingerprint density at radius 3 is 2.53 bits per heavy atom. The number of fused-ring (bicyclic) bond motifs is 1. The van der Waals surface area contributed by atoms with Crippen LogP contribution in [-0.4, -0.2) is 48.5 Å². The SMILES string of the molecule is COc1ccc(C(=O)Nc2cnc3c(c2)=C(C)N(C)CC=3C)cc1C(=O)C(F)(F)F. The van der Waals surface area contributed by atoms with Gasteiger partial charge in [0.25, 0.3) is 11.7 Å². The third-order valence-electron chi connectivity index (χ3n) is 4.95. The summed E-state index contributed by atoms with van der Waals surface area (Å²) >= 11 is 0. The number of ketones is 1. The molecule has 0 radical (unpaired) electrons. The van der Waals surface area contributed by atoms with Crippen LogP contribution in [0.1, 0.15) is 34.6 Å². The molecular formula is C21H20F3N3O3. The fourth-order valence-corrected chi connectivity index (χ4v) is 3.29. The quantitative estimate of drug-likeness (QED) is 0.771. The van der Waals surface area contributed by atoms with Crippen LogP contribution in [0.15, 0.2) is 30.5 Å². The molecular weight excluding hydrogens is 399 g/mol. The van der Waals surface area contributed by atoms with Gasteiger partial charge in [0, 0.05) is 30.1 Å². The number of halogens is 3. The molecule has 0 aliphatic carbocycles. The van der Waals surface area contributed by atoms with Crippen molar-refractivity contribution in [1.29, 1.82) is 0 Å². The zero-order chi connectivity index (χ0) is 22.2. The number of hydrogen-bond donors (Lipinski definition) is 1. The van der Waals surface area contributed by atoms with Crippen molar-refractivity contribution in [3.63, 3.8) is 0 Å². The molecule has 1 aromatic carbocycles. The van der Waals surface area contributed by atoms with E-state index in [4.69, 9.17) is 4.74 Å². The molecule has 1 aliphatic heterocycles. The summed E-state index contributed by atoms with van der Waals surface area (Å²) in [4.78, 5) is 30.8. The van der Waals surface area contributed by atoms with E-state index in [0.717, 1.165) is 47.6 Å². The number of ether oxygens (including phenoxy) is 1. The summed E-state index contributed by atoms with van der Waals surface area (Å²) in [5, 5.41) is 4.33. The maximum atomic E-state index is 12.9. The Hall–Kier alpha value is -3.36. The lowest BCUT2D eigenvalue weighted by molar-refractivity contribution is -0.0886. The normalized spacial score (nSPS) is 13.8. The lowest BCUT2D eigenvalue weighted by atomic mass is 10.0. The van der Waals surface area contributed by atoms with Crippen LogP contribution in [0.5, 0.6) is 5.75 Å². The molecule has 6 nitrogen and oxygen atoms in total. The molecule has 30 heavy (non-hydrogen) atoms. The van der Waals surface area contributed by atoms with Gasteiger partial charge in [-0.2, -0.15) is 13.2 Å². The van der Waals surface area contributed by atoms with Crippen LogP contribution in [0, 0.1) is 0 Å². The van der Waals surface area contributed by atoms with Crippen molar-refractivity contribution in [1.82, 2.24) is 9.88 Å². The van der Waals surface area contributed by atoms with Crippen LogP contribution in [0.25, 0.3) is 11.3 Å². The summed E-state index contributed by atoms with van der Waals surface area (Å²) in [6.45, 7) is 4.67. The van der Waals surface area contributed by atoms with Crippen molar-refractivity contribution >= 4 is 28.6 Å². The predicted molar refractivity (Wildman–Crippen MR) is 106 cm³/mol. The number of amides is 1. The van der Waals surface area contributed by atoms with Gasteiger partial charge in [0.05, 0.1) is 29.9 Å². The fraction of sp³-hybridized carbons (Fsp3) is 0.286. The Bertz CT molecular complexity index is 1160. The van der Waals surface area contributed by atoms with E-state index >= 15 is 0 Å². The highest BCUT2D eigenvalue weighted by Crippen LogP contribution is 2.28. The van der Waals surface area contributed by atoms with E-state index in [1.165, 1.54) is 12.3 Å². The largest absolute Gasteiger partial charge is 0.496 e. The van der Waals surface area contributed by atoms with Gasteiger partial charge in [-0.05, 0) is 43.7 Å². The summed E-state index contributed by atoms with van der Waals surface area (Å²) in [5.74, 6) is -3.01. The maximum Gasteiger partial charge on any atom is 0.455 e. The van der Waals surface area contributed by atoms with Crippen LogP contribution in [0.2, 0.25) is 0 Å². The Morgan fingerprint density at radius 2 is 1.90 bits per heavy atom. The van der Waals surface area contributed by atoms with Crippen molar-refractivity contribution < 1.29 is 27.5 Å². The minimum absolute atomic E-state index is 0.110. The zero-order valence-electron chi connectivity index (χ0n) is 16.8. The molecule has 2 aromatic rings. The number of carbonyl (C=O) groups is 2. The maximum absolute atomic E-state index is 12.9. The molecule has 0 saturated heterocycles. The minimum Gasteiger partial charge on any atom is -0.496 e. The second-order valence-electron chi connectivity index (χ2n) is 7.04. The minimum atomic E-state index is -5.08. The molecule has 9 heteroatoms. The number of alkyl halides is 3. The molecule has 1 aromatic heterocycles. The van der Waals surface area contributed by atoms with Crippen molar-refractivity contribution in [2.24, 2.45) is 0 Å². The van der Waals surface area contributed by atoms with Crippen LogP contribution in [-0.2, 0) is 0 Å². The first-order valence-corrected chi connectivity index (χ1v) is 9.01. The molecule has 1 N–H and O–H groups in total. The summed E-state index contributed by atoms with van der Waals surface area (Å²) < 4.78 is 43.4. The molecule has 1 amide bonds. The molecule has 0 unspecified atom stereocenters. The fourth-order valence-electron chi connectivity index (χ4n) is 3.29. The molecule has 0 bridgehead atoms. The van der Waals surface area contributed by atoms with E-state index in [2.05, 4.69) is 15.2 Å². The number of anilines is 1. The van der Waals surface area contributed by atoms with Crippen molar-refractivity contribution in [2.75, 3.05) is 26.0 Å². The smallest absolute Gasteiger partial charge is 0.455 e. The van der Waals surface area contributed by atoms with Gasteiger partial charge in [-0.1, -0.05) is 0 Å². The van der Waals surface area contributed by atoms with Gasteiger partial charge in [0.1, 0.15) is 5.75 Å². The lowest BCUT2D eigenvalue weighted by Gasteiger charge is -2.24. The number of rotatable bonds is 4. The number of carbonyl (C=O) groups excluding carboxylic acids is 2. The van der Waals surface area contributed by atoms with E-state index in [9.17, 15) is 22.8 Å². The van der Waals surface area contributed by atoms with Crippen LogP contribution >= 0.6 is 0 Å². The highest BCUT2D eigenvalue weighted by atomic mass is 19.4. The predicted octanol–water partition coefficient (Wildman–Crippen LogP) is 2.33. The van der Waals surface area contributed by atoms with E-state index in [1.54, 1.807) is 6.07 Å². The number of nitrogens with one attached hydrogen (secondary N) is 1. The Kier molecular flexibility index (Phi) is 5.56. The Morgan fingerprint density at radius 1 is 1.20 bits per heavy atom. The first kappa shape index (κ1) is 21.4. The molecule has 1 aliphatic rings. The van der Waals surface area contributed by atoms with Gasteiger partial charge in [-0.3, -0.25) is 14.6 Å². The lowest BCUT2D eigenvalue weighted by Crippen LogP contribution is -2.42.